The first-order chi connectivity index (χ1) is 26.3. The molecule has 0 atom stereocenters. The second-order valence-electron chi connectivity index (χ2n) is 12.9. The molecule has 55 heavy (non-hydrogen) atoms. The van der Waals surface area contributed by atoms with Crippen molar-refractivity contribution in [2.45, 2.75) is 66.3 Å². The van der Waals surface area contributed by atoms with E-state index in [-0.39, 0.29) is 65.4 Å². The van der Waals surface area contributed by atoms with E-state index in [1.54, 1.807) is 42.6 Å². The summed E-state index contributed by atoms with van der Waals surface area (Å²) in [6, 6.07) is 17.8. The van der Waals surface area contributed by atoms with E-state index >= 15 is 0 Å². The highest BCUT2D eigenvalue weighted by atomic mass is 32.2. The number of pyridine rings is 1. The van der Waals surface area contributed by atoms with Gasteiger partial charge in [-0.05, 0) is 102 Å². The average molecular weight is 797 g/mol. The number of amides is 1. The molecule has 0 spiro atoms. The summed E-state index contributed by atoms with van der Waals surface area (Å²) in [5.41, 5.74) is 0.896. The Morgan fingerprint density at radius 3 is 2.04 bits per heavy atom. The molecule has 14 heteroatoms. The Morgan fingerprint density at radius 2 is 1.44 bits per heavy atom. The van der Waals surface area contributed by atoms with Crippen molar-refractivity contribution in [2.24, 2.45) is 0 Å². The van der Waals surface area contributed by atoms with Crippen LogP contribution < -0.4 is 4.74 Å². The molecule has 1 fully saturated rings. The zero-order valence-electron chi connectivity index (χ0n) is 32.3. The van der Waals surface area contributed by atoms with Crippen LogP contribution in [0.1, 0.15) is 89.1 Å². The number of aromatic nitrogens is 1. The molecule has 2 aromatic heterocycles. The lowest BCUT2D eigenvalue weighted by atomic mass is 9.99. The highest BCUT2D eigenvalue weighted by Crippen LogP contribution is 2.36. The highest BCUT2D eigenvalue weighted by Gasteiger charge is 2.29. The van der Waals surface area contributed by atoms with Crippen LogP contribution in [0.3, 0.4) is 0 Å². The Hall–Kier alpha value is -4.95. The van der Waals surface area contributed by atoms with E-state index in [2.05, 4.69) is 4.98 Å². The number of hydrogen-bond donors (Lipinski definition) is 0. The Balaban J connectivity index is 0.000000454. The number of nitrogens with zero attached hydrogens (tertiary/aromatic N) is 2. The molecule has 1 aliphatic rings. The van der Waals surface area contributed by atoms with Crippen LogP contribution in [0.2, 0.25) is 0 Å². The molecule has 0 radical (unpaired) electrons. The van der Waals surface area contributed by atoms with Gasteiger partial charge in [0, 0.05) is 29.7 Å². The Labute approximate surface area is 330 Å². The molecule has 0 saturated carbocycles. The molecule has 2 aromatic carbocycles. The van der Waals surface area contributed by atoms with Gasteiger partial charge in [0.2, 0.25) is 0 Å². The van der Waals surface area contributed by atoms with Gasteiger partial charge in [0.15, 0.2) is 0 Å². The van der Waals surface area contributed by atoms with Crippen LogP contribution in [0.5, 0.6) is 5.75 Å². The van der Waals surface area contributed by atoms with Gasteiger partial charge in [-0.15, -0.1) is 11.3 Å². The number of halogens is 1. The van der Waals surface area contributed by atoms with Crippen LogP contribution >= 0.6 is 23.1 Å². The summed E-state index contributed by atoms with van der Waals surface area (Å²) in [5.74, 6) is -2.04. The van der Waals surface area contributed by atoms with Gasteiger partial charge in [0.05, 0.1) is 30.0 Å². The van der Waals surface area contributed by atoms with E-state index in [0.717, 1.165) is 42.8 Å². The fourth-order valence-electron chi connectivity index (χ4n) is 4.99. The predicted octanol–water partition coefficient (Wildman–Crippen LogP) is 9.24. The van der Waals surface area contributed by atoms with E-state index in [9.17, 15) is 23.6 Å². The molecule has 0 N–H and O–H groups in total. The predicted molar refractivity (Wildman–Crippen MR) is 212 cm³/mol. The molecule has 296 valence electrons. The first-order valence-corrected chi connectivity index (χ1v) is 20.2. The van der Waals surface area contributed by atoms with Gasteiger partial charge >= 0.3 is 24.0 Å². The number of benzene rings is 2. The van der Waals surface area contributed by atoms with Crippen molar-refractivity contribution < 1.29 is 47.3 Å². The van der Waals surface area contributed by atoms with Gasteiger partial charge in [0.25, 0.3) is 0 Å². The monoisotopic (exact) mass is 796 g/mol. The minimum Gasteiger partial charge on any atom is -0.487 e. The van der Waals surface area contributed by atoms with Crippen LogP contribution in [0.25, 0.3) is 10.4 Å². The molecule has 0 bridgehead atoms. The molecule has 0 unspecified atom stereocenters. The van der Waals surface area contributed by atoms with Gasteiger partial charge in [-0.2, -0.15) is 11.8 Å². The van der Waals surface area contributed by atoms with Crippen molar-refractivity contribution in [1.29, 1.82) is 0 Å². The molecule has 5 rings (SSSR count). The summed E-state index contributed by atoms with van der Waals surface area (Å²) in [5, 5.41) is 0. The van der Waals surface area contributed by atoms with Gasteiger partial charge in [-0.3, -0.25) is 4.98 Å². The summed E-state index contributed by atoms with van der Waals surface area (Å²) < 4.78 is 40.3. The van der Waals surface area contributed by atoms with E-state index < -0.39 is 23.7 Å². The first-order valence-electron chi connectivity index (χ1n) is 17.8. The number of esters is 3. The summed E-state index contributed by atoms with van der Waals surface area (Å²) in [6.07, 6.45) is 7.44. The van der Waals surface area contributed by atoms with Crippen molar-refractivity contribution in [2.75, 3.05) is 38.8 Å². The Morgan fingerprint density at radius 1 is 0.818 bits per heavy atom. The molecule has 0 aliphatic carbocycles. The molecule has 3 heterocycles. The molecule has 1 amide bonds. The van der Waals surface area contributed by atoms with Crippen molar-refractivity contribution in [3.63, 3.8) is 0 Å². The molecular formula is C41H49FN2O9S2. The number of rotatable bonds is 11. The SMILES string of the molecule is CC(C)(C)OC(=O)N1CCCC1.CCOC(=O)c1cnc(COc2ccc(F)cc2)c(C(=O)OCC)c1-c1ccc(C(=O)OCc2ccccc2)s1.CSC. The molecular weight excluding hydrogens is 748 g/mol. The third-order valence-corrected chi connectivity index (χ3v) is 8.43. The van der Waals surface area contributed by atoms with Crippen molar-refractivity contribution in [3.8, 4) is 16.2 Å². The van der Waals surface area contributed by atoms with E-state index in [4.69, 9.17) is 23.7 Å². The van der Waals surface area contributed by atoms with Crippen LogP contribution in [0.4, 0.5) is 9.18 Å². The average Bonchev–Trinajstić information content (AvgIpc) is 3.88. The van der Waals surface area contributed by atoms with Crippen LogP contribution in [-0.4, -0.2) is 78.3 Å². The van der Waals surface area contributed by atoms with Crippen LogP contribution in [-0.2, 0) is 32.2 Å². The maximum absolute atomic E-state index is 13.3. The standard InChI is InChI=1S/C30H26FNO7S.C9H17NO2.C2H6S/c1-3-36-28(33)22-16-32-23(18-38-21-12-10-20(31)11-13-21)27(30(35)37-4-2)26(22)24-14-15-25(40-24)29(34)39-17-19-8-6-5-7-9-19;1-9(2,3)12-8(11)10-6-4-5-7-10;1-3-2/h5-16H,3-4,17-18H2,1-2H3;4-7H2,1-3H3;1-2H3. The number of carbonyl (C=O) groups is 4. The zero-order valence-corrected chi connectivity index (χ0v) is 34.0. The summed E-state index contributed by atoms with van der Waals surface area (Å²) >= 11 is 2.80. The van der Waals surface area contributed by atoms with Gasteiger partial charge in [0.1, 0.15) is 35.3 Å². The lowest BCUT2D eigenvalue weighted by molar-refractivity contribution is 0.0293. The minimum absolute atomic E-state index is 0.000526. The van der Waals surface area contributed by atoms with Gasteiger partial charge < -0.3 is 28.6 Å². The second kappa shape index (κ2) is 22.4. The molecule has 1 saturated heterocycles. The summed E-state index contributed by atoms with van der Waals surface area (Å²) in [4.78, 5) is 57.1. The molecule has 11 nitrogen and oxygen atoms in total. The van der Waals surface area contributed by atoms with Crippen LogP contribution in [0, 0.1) is 5.82 Å². The third-order valence-electron chi connectivity index (χ3n) is 7.35. The number of thioether (sulfide) groups is 1. The summed E-state index contributed by atoms with van der Waals surface area (Å²) in [6.45, 7) is 10.8. The van der Waals surface area contributed by atoms with E-state index in [1.807, 2.05) is 63.6 Å². The fraction of sp³-hybridized carbons (Fsp3) is 0.390. The normalized spacial score (nSPS) is 12.0. The fourth-order valence-corrected chi connectivity index (χ4v) is 5.95. The first kappa shape index (κ1) is 44.4. The Bertz CT molecular complexity index is 1840. The van der Waals surface area contributed by atoms with E-state index in [1.165, 1.54) is 30.5 Å². The smallest absolute Gasteiger partial charge is 0.410 e. The maximum Gasteiger partial charge on any atom is 0.410 e. The van der Waals surface area contributed by atoms with Crippen molar-refractivity contribution >= 4 is 47.1 Å². The number of thiophene rings is 1. The van der Waals surface area contributed by atoms with Crippen molar-refractivity contribution in [1.82, 2.24) is 9.88 Å². The second-order valence-corrected chi connectivity index (χ2v) is 14.8. The van der Waals surface area contributed by atoms with Gasteiger partial charge in [-0.1, -0.05) is 30.3 Å². The quantitative estimate of drug-likeness (QED) is 0.106. The zero-order chi connectivity index (χ0) is 40.4. The largest absolute Gasteiger partial charge is 0.487 e. The number of likely N-dealkylation sites (tertiary alicyclic amines) is 1. The lowest BCUT2D eigenvalue weighted by Crippen LogP contribution is -2.34. The minimum atomic E-state index is -0.726. The Kier molecular flexibility index (Phi) is 18.1. The molecule has 1 aliphatic heterocycles. The maximum atomic E-state index is 13.3. The number of carbonyl (C=O) groups excluding carboxylic acids is 4. The topological polar surface area (TPSA) is 131 Å². The summed E-state index contributed by atoms with van der Waals surface area (Å²) in [7, 11) is 0. The van der Waals surface area contributed by atoms with Crippen molar-refractivity contribution in [3.05, 3.63) is 106 Å². The number of ether oxygens (including phenoxy) is 5. The third kappa shape index (κ3) is 14.3. The number of hydrogen-bond acceptors (Lipinski definition) is 12. The molecule has 4 aromatic rings. The van der Waals surface area contributed by atoms with Gasteiger partial charge in [-0.25, -0.2) is 23.6 Å². The van der Waals surface area contributed by atoms with E-state index in [0.29, 0.717) is 10.6 Å². The highest BCUT2D eigenvalue weighted by molar-refractivity contribution is 7.97. The lowest BCUT2D eigenvalue weighted by Gasteiger charge is -2.23. The van der Waals surface area contributed by atoms with Crippen LogP contribution in [0.15, 0.2) is 72.9 Å².